The van der Waals surface area contributed by atoms with Crippen LogP contribution in [0.4, 0.5) is 11.6 Å². The zero-order valence-corrected chi connectivity index (χ0v) is 16.6. The zero-order chi connectivity index (χ0) is 18.8. The number of nitro benzene ring substituents is 1. The average Bonchev–Trinajstić information content (AvgIpc) is 3.07. The van der Waals surface area contributed by atoms with Crippen LogP contribution in [0.5, 0.6) is 0 Å². The number of non-ortho nitro benzene ring substituents is 1. The third-order valence-corrected chi connectivity index (χ3v) is 5.16. The van der Waals surface area contributed by atoms with Crippen LogP contribution in [0, 0.1) is 10.1 Å². The molecular formula is C20H24ClN5O2. The van der Waals surface area contributed by atoms with E-state index in [1.807, 2.05) is 18.2 Å². The van der Waals surface area contributed by atoms with Crippen molar-refractivity contribution in [2.45, 2.75) is 20.0 Å². The van der Waals surface area contributed by atoms with Gasteiger partial charge in [0.05, 0.1) is 16.0 Å². The number of fused-ring (bicyclic) bond motifs is 1. The van der Waals surface area contributed by atoms with E-state index >= 15 is 0 Å². The number of imidazole rings is 1. The molecule has 0 bridgehead atoms. The summed E-state index contributed by atoms with van der Waals surface area (Å²) in [6.07, 6.45) is 0. The average molecular weight is 402 g/mol. The SMILES string of the molecule is CCn1c(N2CCN(Cc3ccc([N+](=O)[O-])cc3)CC2)nc2ccccc21.Cl. The molecule has 4 rings (SSSR count). The molecule has 8 heteroatoms. The third kappa shape index (κ3) is 3.95. The largest absolute Gasteiger partial charge is 0.340 e. The van der Waals surface area contributed by atoms with Crippen molar-refractivity contribution < 1.29 is 4.92 Å². The number of anilines is 1. The normalized spacial score (nSPS) is 14.8. The van der Waals surface area contributed by atoms with Gasteiger partial charge in [0.15, 0.2) is 0 Å². The molecular weight excluding hydrogens is 378 g/mol. The Labute approximate surface area is 170 Å². The predicted octanol–water partition coefficient (Wildman–Crippen LogP) is 3.71. The van der Waals surface area contributed by atoms with Gasteiger partial charge in [0.25, 0.3) is 5.69 Å². The van der Waals surface area contributed by atoms with Crippen molar-refractivity contribution >= 4 is 35.1 Å². The quantitative estimate of drug-likeness (QED) is 0.481. The summed E-state index contributed by atoms with van der Waals surface area (Å²) in [5.41, 5.74) is 3.47. The lowest BCUT2D eigenvalue weighted by molar-refractivity contribution is -0.384. The van der Waals surface area contributed by atoms with Gasteiger partial charge in [-0.05, 0) is 24.6 Å². The second-order valence-electron chi connectivity index (χ2n) is 6.83. The van der Waals surface area contributed by atoms with Crippen LogP contribution in [0.2, 0.25) is 0 Å². The van der Waals surface area contributed by atoms with Crippen molar-refractivity contribution in [3.05, 3.63) is 64.2 Å². The molecule has 0 atom stereocenters. The molecule has 1 fully saturated rings. The fourth-order valence-electron chi connectivity index (χ4n) is 3.70. The minimum Gasteiger partial charge on any atom is -0.340 e. The predicted molar refractivity (Wildman–Crippen MR) is 113 cm³/mol. The van der Waals surface area contributed by atoms with Crippen molar-refractivity contribution in [3.8, 4) is 0 Å². The van der Waals surface area contributed by atoms with Crippen molar-refractivity contribution in [2.24, 2.45) is 0 Å². The molecule has 1 aliphatic heterocycles. The smallest absolute Gasteiger partial charge is 0.269 e. The number of nitro groups is 1. The molecule has 1 saturated heterocycles. The summed E-state index contributed by atoms with van der Waals surface area (Å²) in [5, 5.41) is 10.8. The van der Waals surface area contributed by atoms with Gasteiger partial charge in [0.2, 0.25) is 5.95 Å². The maximum absolute atomic E-state index is 10.8. The van der Waals surface area contributed by atoms with Gasteiger partial charge >= 0.3 is 0 Å². The molecule has 28 heavy (non-hydrogen) atoms. The number of rotatable bonds is 5. The zero-order valence-electron chi connectivity index (χ0n) is 15.8. The number of halogens is 1. The van der Waals surface area contributed by atoms with E-state index in [1.54, 1.807) is 12.1 Å². The first-order chi connectivity index (χ1) is 13.2. The first-order valence-electron chi connectivity index (χ1n) is 9.31. The molecule has 0 saturated carbocycles. The third-order valence-electron chi connectivity index (χ3n) is 5.16. The molecule has 2 aromatic carbocycles. The number of aryl methyl sites for hydroxylation is 1. The van der Waals surface area contributed by atoms with Crippen LogP contribution in [-0.2, 0) is 13.1 Å². The summed E-state index contributed by atoms with van der Waals surface area (Å²) in [5.74, 6) is 1.05. The van der Waals surface area contributed by atoms with E-state index in [0.29, 0.717) is 0 Å². The molecule has 0 amide bonds. The molecule has 1 aromatic heterocycles. The van der Waals surface area contributed by atoms with Gasteiger partial charge in [-0.15, -0.1) is 12.4 Å². The molecule has 0 aliphatic carbocycles. The van der Waals surface area contributed by atoms with E-state index in [9.17, 15) is 10.1 Å². The second kappa shape index (κ2) is 8.58. The number of hydrogen-bond acceptors (Lipinski definition) is 5. The van der Waals surface area contributed by atoms with Crippen molar-refractivity contribution in [1.82, 2.24) is 14.5 Å². The molecule has 0 spiro atoms. The Morgan fingerprint density at radius 3 is 2.36 bits per heavy atom. The van der Waals surface area contributed by atoms with E-state index in [2.05, 4.69) is 39.5 Å². The van der Waals surface area contributed by atoms with E-state index < -0.39 is 0 Å². The van der Waals surface area contributed by atoms with Crippen molar-refractivity contribution in [3.63, 3.8) is 0 Å². The Hall–Kier alpha value is -2.64. The van der Waals surface area contributed by atoms with E-state index in [4.69, 9.17) is 4.98 Å². The Morgan fingerprint density at radius 2 is 1.71 bits per heavy atom. The highest BCUT2D eigenvalue weighted by Crippen LogP contribution is 2.24. The minimum absolute atomic E-state index is 0. The monoisotopic (exact) mass is 401 g/mol. The van der Waals surface area contributed by atoms with Gasteiger partial charge in [0.1, 0.15) is 0 Å². The number of aromatic nitrogens is 2. The summed E-state index contributed by atoms with van der Waals surface area (Å²) in [4.78, 5) is 20.0. The van der Waals surface area contributed by atoms with Gasteiger partial charge in [0, 0.05) is 51.4 Å². The van der Waals surface area contributed by atoms with Crippen LogP contribution < -0.4 is 4.90 Å². The van der Waals surface area contributed by atoms with E-state index in [-0.39, 0.29) is 23.0 Å². The summed E-state index contributed by atoms with van der Waals surface area (Å²) >= 11 is 0. The number of para-hydroxylation sites is 2. The second-order valence-corrected chi connectivity index (χ2v) is 6.83. The lowest BCUT2D eigenvalue weighted by atomic mass is 10.2. The highest BCUT2D eigenvalue weighted by atomic mass is 35.5. The van der Waals surface area contributed by atoms with Gasteiger partial charge in [-0.25, -0.2) is 4.98 Å². The molecule has 1 aliphatic rings. The maximum atomic E-state index is 10.8. The van der Waals surface area contributed by atoms with Crippen molar-refractivity contribution in [2.75, 3.05) is 31.1 Å². The Kier molecular flexibility index (Phi) is 6.16. The first kappa shape index (κ1) is 20.1. The Morgan fingerprint density at radius 1 is 1.04 bits per heavy atom. The fourth-order valence-corrected chi connectivity index (χ4v) is 3.70. The molecule has 2 heterocycles. The highest BCUT2D eigenvalue weighted by Gasteiger charge is 2.22. The van der Waals surface area contributed by atoms with Crippen LogP contribution in [0.25, 0.3) is 11.0 Å². The topological polar surface area (TPSA) is 67.4 Å². The van der Waals surface area contributed by atoms with Crippen molar-refractivity contribution in [1.29, 1.82) is 0 Å². The standard InChI is InChI=1S/C20H23N5O2.ClH/c1-2-24-19-6-4-3-5-18(19)21-20(24)23-13-11-22(12-14-23)15-16-7-9-17(10-8-16)25(26)27;/h3-10H,2,11-15H2,1H3;1H. The first-order valence-corrected chi connectivity index (χ1v) is 9.31. The molecule has 0 N–H and O–H groups in total. The lowest BCUT2D eigenvalue weighted by Crippen LogP contribution is -2.46. The van der Waals surface area contributed by atoms with Gasteiger partial charge in [-0.1, -0.05) is 24.3 Å². The van der Waals surface area contributed by atoms with Crippen LogP contribution in [0.3, 0.4) is 0 Å². The maximum Gasteiger partial charge on any atom is 0.269 e. The van der Waals surface area contributed by atoms with Gasteiger partial charge in [-0.3, -0.25) is 15.0 Å². The minimum atomic E-state index is -0.359. The molecule has 0 radical (unpaired) electrons. The van der Waals surface area contributed by atoms with Crippen LogP contribution in [0.1, 0.15) is 12.5 Å². The number of benzene rings is 2. The Bertz CT molecular complexity index is 949. The Balaban J connectivity index is 0.00000225. The highest BCUT2D eigenvalue weighted by molar-refractivity contribution is 5.85. The van der Waals surface area contributed by atoms with Crippen LogP contribution >= 0.6 is 12.4 Å². The lowest BCUT2D eigenvalue weighted by Gasteiger charge is -2.35. The van der Waals surface area contributed by atoms with Gasteiger partial charge < -0.3 is 9.47 Å². The molecule has 148 valence electrons. The van der Waals surface area contributed by atoms with Crippen LogP contribution in [0.15, 0.2) is 48.5 Å². The summed E-state index contributed by atoms with van der Waals surface area (Å²) in [7, 11) is 0. The van der Waals surface area contributed by atoms with Gasteiger partial charge in [-0.2, -0.15) is 0 Å². The van der Waals surface area contributed by atoms with Crippen LogP contribution in [-0.4, -0.2) is 45.6 Å². The number of nitrogens with zero attached hydrogens (tertiary/aromatic N) is 5. The van der Waals surface area contributed by atoms with E-state index in [0.717, 1.165) is 56.3 Å². The summed E-state index contributed by atoms with van der Waals surface area (Å²) in [6, 6.07) is 15.1. The summed E-state index contributed by atoms with van der Waals surface area (Å²) < 4.78 is 2.28. The molecule has 0 unspecified atom stereocenters. The fraction of sp³-hybridized carbons (Fsp3) is 0.350. The molecule has 3 aromatic rings. The number of hydrogen-bond donors (Lipinski definition) is 0. The number of piperazine rings is 1. The van der Waals surface area contributed by atoms with E-state index in [1.165, 1.54) is 5.52 Å². The molecule has 7 nitrogen and oxygen atoms in total. The summed E-state index contributed by atoms with van der Waals surface area (Å²) in [6.45, 7) is 7.62.